The minimum absolute atomic E-state index is 0.551. The molecule has 1 N–H and O–H groups in total. The molecule has 0 spiro atoms. The van der Waals surface area contributed by atoms with Gasteiger partial charge in [0.1, 0.15) is 11.5 Å². The summed E-state index contributed by atoms with van der Waals surface area (Å²) in [7, 11) is 0. The van der Waals surface area contributed by atoms with Gasteiger partial charge in [-0.1, -0.05) is 33.1 Å². The summed E-state index contributed by atoms with van der Waals surface area (Å²) in [5.74, 6) is 1.69. The van der Waals surface area contributed by atoms with Crippen LogP contribution >= 0.6 is 0 Å². The molecule has 0 saturated heterocycles. The van der Waals surface area contributed by atoms with E-state index >= 15 is 0 Å². The monoisotopic (exact) mass is 296 g/mol. The highest BCUT2D eigenvalue weighted by Gasteiger charge is 2.19. The molecular weight excluding hydrogens is 272 g/mol. The van der Waals surface area contributed by atoms with Crippen molar-refractivity contribution in [3.63, 3.8) is 0 Å². The third-order valence-electron chi connectivity index (χ3n) is 4.38. The van der Waals surface area contributed by atoms with Crippen LogP contribution in [0.4, 0.5) is 5.82 Å². The Morgan fingerprint density at radius 3 is 2.82 bits per heavy atom. The number of nitriles is 1. The number of rotatable bonds is 4. The maximum atomic E-state index is 9.08. The maximum Gasteiger partial charge on any atom is 0.139 e. The molecule has 0 radical (unpaired) electrons. The van der Waals surface area contributed by atoms with E-state index in [0.29, 0.717) is 17.5 Å². The lowest BCUT2D eigenvalue weighted by Crippen LogP contribution is -2.23. The summed E-state index contributed by atoms with van der Waals surface area (Å²) >= 11 is 0. The van der Waals surface area contributed by atoms with E-state index in [4.69, 9.17) is 10.2 Å². The standard InChI is InChI=1S/C18H24N4/c1-13(2)10-16-18(20-15-6-4-3-5-7-15)22-9-8-14(12-19)11-17(22)21-16/h8-9,11,13,15,20H,3-7,10H2,1-2H3. The van der Waals surface area contributed by atoms with Crippen molar-refractivity contribution < 1.29 is 0 Å². The van der Waals surface area contributed by atoms with Crippen molar-refractivity contribution in [3.05, 3.63) is 29.6 Å². The Morgan fingerprint density at radius 1 is 1.36 bits per heavy atom. The Bertz CT molecular complexity index is 687. The van der Waals surface area contributed by atoms with E-state index in [1.807, 2.05) is 18.3 Å². The van der Waals surface area contributed by atoms with E-state index in [1.54, 1.807) is 0 Å². The third-order valence-corrected chi connectivity index (χ3v) is 4.38. The number of aromatic nitrogens is 2. The van der Waals surface area contributed by atoms with Crippen LogP contribution in [0.25, 0.3) is 5.65 Å². The fourth-order valence-electron chi connectivity index (χ4n) is 3.29. The molecule has 22 heavy (non-hydrogen) atoms. The number of anilines is 1. The summed E-state index contributed by atoms with van der Waals surface area (Å²) in [6, 6.07) is 6.48. The predicted octanol–water partition coefficient (Wildman–Crippen LogP) is 4.15. The van der Waals surface area contributed by atoms with Crippen LogP contribution in [0.5, 0.6) is 0 Å². The molecular formula is C18H24N4. The first-order chi connectivity index (χ1) is 10.7. The number of fused-ring (bicyclic) bond motifs is 1. The number of pyridine rings is 1. The largest absolute Gasteiger partial charge is 0.367 e. The third kappa shape index (κ3) is 3.09. The molecule has 4 heteroatoms. The number of nitrogens with one attached hydrogen (secondary N) is 1. The fraction of sp³-hybridized carbons (Fsp3) is 0.556. The lowest BCUT2D eigenvalue weighted by molar-refractivity contribution is 0.461. The molecule has 0 aromatic carbocycles. The molecule has 1 aliphatic rings. The Morgan fingerprint density at radius 2 is 2.14 bits per heavy atom. The minimum atomic E-state index is 0.551. The summed E-state index contributed by atoms with van der Waals surface area (Å²) in [5, 5.41) is 12.8. The molecule has 0 unspecified atom stereocenters. The SMILES string of the molecule is CC(C)Cc1nc2cc(C#N)ccn2c1NC1CCCCC1. The van der Waals surface area contributed by atoms with Gasteiger partial charge in [0.15, 0.2) is 0 Å². The van der Waals surface area contributed by atoms with Crippen molar-refractivity contribution in [1.29, 1.82) is 5.26 Å². The molecule has 0 aliphatic heterocycles. The average Bonchev–Trinajstić information content (AvgIpc) is 2.84. The van der Waals surface area contributed by atoms with Crippen molar-refractivity contribution >= 4 is 11.5 Å². The summed E-state index contributed by atoms with van der Waals surface area (Å²) in [4.78, 5) is 4.78. The number of hydrogen-bond donors (Lipinski definition) is 1. The van der Waals surface area contributed by atoms with E-state index in [1.165, 1.54) is 32.1 Å². The number of nitrogens with zero attached hydrogens (tertiary/aromatic N) is 3. The first kappa shape index (κ1) is 14.9. The van der Waals surface area contributed by atoms with Gasteiger partial charge in [-0.3, -0.25) is 4.40 Å². The Labute approximate surface area is 132 Å². The van der Waals surface area contributed by atoms with Crippen LogP contribution in [0, 0.1) is 17.2 Å². The van der Waals surface area contributed by atoms with Gasteiger partial charge >= 0.3 is 0 Å². The van der Waals surface area contributed by atoms with E-state index < -0.39 is 0 Å². The molecule has 0 bridgehead atoms. The molecule has 0 atom stereocenters. The maximum absolute atomic E-state index is 9.08. The van der Waals surface area contributed by atoms with Gasteiger partial charge in [-0.05, 0) is 37.3 Å². The van der Waals surface area contributed by atoms with Crippen LogP contribution in [0.1, 0.15) is 57.2 Å². The summed E-state index contributed by atoms with van der Waals surface area (Å²) < 4.78 is 2.10. The van der Waals surface area contributed by atoms with Gasteiger partial charge in [0.2, 0.25) is 0 Å². The van der Waals surface area contributed by atoms with E-state index in [9.17, 15) is 0 Å². The molecule has 2 heterocycles. The fourth-order valence-corrected chi connectivity index (χ4v) is 3.29. The first-order valence-electron chi connectivity index (χ1n) is 8.35. The van der Waals surface area contributed by atoms with Gasteiger partial charge in [-0.25, -0.2) is 4.98 Å². The predicted molar refractivity (Wildman–Crippen MR) is 88.9 cm³/mol. The quantitative estimate of drug-likeness (QED) is 0.922. The summed E-state index contributed by atoms with van der Waals surface area (Å²) in [6.45, 7) is 4.43. The Balaban J connectivity index is 1.98. The van der Waals surface area contributed by atoms with Crippen molar-refractivity contribution in [1.82, 2.24) is 9.38 Å². The van der Waals surface area contributed by atoms with Crippen molar-refractivity contribution in [2.24, 2.45) is 5.92 Å². The topological polar surface area (TPSA) is 53.1 Å². The number of hydrogen-bond acceptors (Lipinski definition) is 3. The zero-order valence-corrected chi connectivity index (χ0v) is 13.5. The second-order valence-electron chi connectivity index (χ2n) is 6.74. The van der Waals surface area contributed by atoms with Crippen LogP contribution in [0.3, 0.4) is 0 Å². The van der Waals surface area contributed by atoms with Crippen molar-refractivity contribution in [3.8, 4) is 6.07 Å². The van der Waals surface area contributed by atoms with Crippen molar-refractivity contribution in [2.45, 2.75) is 58.4 Å². The molecule has 3 rings (SSSR count). The van der Waals surface area contributed by atoms with Gasteiger partial charge in [0.05, 0.1) is 17.3 Å². The molecule has 1 aliphatic carbocycles. The summed E-state index contributed by atoms with van der Waals surface area (Å²) in [6.07, 6.45) is 9.39. The van der Waals surface area contributed by atoms with E-state index in [0.717, 1.165) is 23.6 Å². The lowest BCUT2D eigenvalue weighted by atomic mass is 9.95. The smallest absolute Gasteiger partial charge is 0.139 e. The average molecular weight is 296 g/mol. The van der Waals surface area contributed by atoms with Gasteiger partial charge in [0.25, 0.3) is 0 Å². The highest BCUT2D eigenvalue weighted by atomic mass is 15.1. The molecule has 1 saturated carbocycles. The van der Waals surface area contributed by atoms with E-state index in [-0.39, 0.29) is 0 Å². The van der Waals surface area contributed by atoms with E-state index in [2.05, 4.69) is 29.6 Å². The molecule has 2 aromatic heterocycles. The molecule has 1 fully saturated rings. The lowest BCUT2D eigenvalue weighted by Gasteiger charge is -2.24. The zero-order valence-electron chi connectivity index (χ0n) is 13.5. The van der Waals surface area contributed by atoms with Crippen molar-refractivity contribution in [2.75, 3.05) is 5.32 Å². The van der Waals surface area contributed by atoms with Crippen LogP contribution in [0.15, 0.2) is 18.3 Å². The first-order valence-corrected chi connectivity index (χ1v) is 8.35. The highest BCUT2D eigenvalue weighted by Crippen LogP contribution is 2.26. The molecule has 2 aromatic rings. The molecule has 4 nitrogen and oxygen atoms in total. The van der Waals surface area contributed by atoms with Gasteiger partial charge in [-0.2, -0.15) is 5.26 Å². The van der Waals surface area contributed by atoms with Gasteiger partial charge in [0, 0.05) is 12.2 Å². The highest BCUT2D eigenvalue weighted by molar-refractivity contribution is 5.58. The van der Waals surface area contributed by atoms with Gasteiger partial charge in [-0.15, -0.1) is 0 Å². The number of imidazole rings is 1. The minimum Gasteiger partial charge on any atom is -0.367 e. The Hall–Kier alpha value is -2.02. The summed E-state index contributed by atoms with van der Waals surface area (Å²) in [5.41, 5.74) is 2.65. The zero-order chi connectivity index (χ0) is 15.5. The molecule has 0 amide bonds. The van der Waals surface area contributed by atoms with Crippen LogP contribution < -0.4 is 5.32 Å². The second-order valence-corrected chi connectivity index (χ2v) is 6.74. The molecule has 116 valence electrons. The normalized spacial score (nSPS) is 16.1. The van der Waals surface area contributed by atoms with Gasteiger partial charge < -0.3 is 5.32 Å². The Kier molecular flexibility index (Phi) is 4.33. The van der Waals surface area contributed by atoms with Crippen LogP contribution in [-0.4, -0.2) is 15.4 Å². The second kappa shape index (κ2) is 6.39. The van der Waals surface area contributed by atoms with Crippen LogP contribution in [0.2, 0.25) is 0 Å². The van der Waals surface area contributed by atoms with Crippen LogP contribution in [-0.2, 0) is 6.42 Å².